The van der Waals surface area contributed by atoms with E-state index in [0.29, 0.717) is 4.47 Å². The number of nitrogens with one attached hydrogen (secondary N) is 2. The minimum atomic E-state index is -4.21. The van der Waals surface area contributed by atoms with Crippen LogP contribution in [0.15, 0.2) is 39.8 Å². The zero-order valence-electron chi connectivity index (χ0n) is 10.7. The standard InChI is InChI=1S/C12H10BrF2N3O2S/c1-16-12-10(5-7(13)6-17-12)21(19,20)18-11-8(14)3-2-4-9(11)15/h2-6,18H,1H3,(H,16,17). The van der Waals surface area contributed by atoms with Gasteiger partial charge in [-0.1, -0.05) is 6.07 Å². The largest absolute Gasteiger partial charge is 0.372 e. The monoisotopic (exact) mass is 377 g/mol. The molecule has 0 bridgehead atoms. The Labute approximate surface area is 128 Å². The summed E-state index contributed by atoms with van der Waals surface area (Å²) in [4.78, 5) is 3.65. The SMILES string of the molecule is CNc1ncc(Br)cc1S(=O)(=O)Nc1c(F)cccc1F. The molecule has 2 N–H and O–H groups in total. The van der Waals surface area contributed by atoms with Crippen molar-refractivity contribution >= 4 is 37.5 Å². The summed E-state index contributed by atoms with van der Waals surface area (Å²) in [5.41, 5.74) is -0.737. The van der Waals surface area contributed by atoms with Gasteiger partial charge >= 0.3 is 0 Å². The molecule has 0 aliphatic rings. The first-order chi connectivity index (χ1) is 9.85. The molecule has 21 heavy (non-hydrogen) atoms. The number of hydrogen-bond acceptors (Lipinski definition) is 4. The van der Waals surface area contributed by atoms with Crippen LogP contribution in [0.2, 0.25) is 0 Å². The van der Waals surface area contributed by atoms with E-state index in [2.05, 4.69) is 26.2 Å². The van der Waals surface area contributed by atoms with Gasteiger partial charge in [0.2, 0.25) is 0 Å². The smallest absolute Gasteiger partial charge is 0.265 e. The molecule has 0 saturated heterocycles. The third kappa shape index (κ3) is 3.30. The van der Waals surface area contributed by atoms with Crippen LogP contribution in [0.3, 0.4) is 0 Å². The Kier molecular flexibility index (Phi) is 4.43. The molecular weight excluding hydrogens is 368 g/mol. The minimum Gasteiger partial charge on any atom is -0.372 e. The maximum absolute atomic E-state index is 13.6. The Balaban J connectivity index is 2.51. The highest BCUT2D eigenvalue weighted by Crippen LogP contribution is 2.27. The van der Waals surface area contributed by atoms with Crippen LogP contribution in [0.4, 0.5) is 20.3 Å². The molecule has 2 aromatic rings. The van der Waals surface area contributed by atoms with Gasteiger partial charge in [0.25, 0.3) is 10.0 Å². The highest BCUT2D eigenvalue weighted by atomic mass is 79.9. The lowest BCUT2D eigenvalue weighted by molar-refractivity contribution is 0.583. The summed E-state index contributed by atoms with van der Waals surface area (Å²) in [6, 6.07) is 4.33. The summed E-state index contributed by atoms with van der Waals surface area (Å²) in [6.07, 6.45) is 1.40. The summed E-state index contributed by atoms with van der Waals surface area (Å²) in [6.45, 7) is 0. The fourth-order valence-electron chi connectivity index (χ4n) is 1.60. The first-order valence-corrected chi connectivity index (χ1v) is 7.93. The van der Waals surface area contributed by atoms with E-state index in [-0.39, 0.29) is 10.7 Å². The maximum Gasteiger partial charge on any atom is 0.265 e. The number of hydrogen-bond donors (Lipinski definition) is 2. The Morgan fingerprint density at radius 2 is 1.86 bits per heavy atom. The second-order valence-electron chi connectivity index (χ2n) is 3.95. The van der Waals surface area contributed by atoms with Gasteiger partial charge in [-0.2, -0.15) is 0 Å². The van der Waals surface area contributed by atoms with E-state index in [0.717, 1.165) is 18.2 Å². The highest BCUT2D eigenvalue weighted by Gasteiger charge is 2.23. The van der Waals surface area contributed by atoms with Crippen LogP contribution in [-0.4, -0.2) is 20.4 Å². The molecule has 0 spiro atoms. The topological polar surface area (TPSA) is 71.1 Å². The van der Waals surface area contributed by atoms with Crippen molar-refractivity contribution < 1.29 is 17.2 Å². The van der Waals surface area contributed by atoms with E-state index in [4.69, 9.17) is 0 Å². The summed E-state index contributed by atoms with van der Waals surface area (Å²) in [7, 11) is -2.72. The van der Waals surface area contributed by atoms with Gasteiger partial charge in [0.05, 0.1) is 0 Å². The molecule has 1 aromatic heterocycles. The number of rotatable bonds is 4. The molecule has 0 aliphatic carbocycles. The van der Waals surface area contributed by atoms with Crippen LogP contribution in [-0.2, 0) is 10.0 Å². The molecule has 2 rings (SSSR count). The van der Waals surface area contributed by atoms with Crippen molar-refractivity contribution in [2.45, 2.75) is 4.90 Å². The van der Waals surface area contributed by atoms with Crippen molar-refractivity contribution in [1.29, 1.82) is 0 Å². The normalized spacial score (nSPS) is 11.2. The molecule has 0 unspecified atom stereocenters. The van der Waals surface area contributed by atoms with Crippen LogP contribution in [0.5, 0.6) is 0 Å². The Hall–Kier alpha value is -1.74. The number of anilines is 2. The molecule has 0 saturated carbocycles. The van der Waals surface area contributed by atoms with Crippen LogP contribution in [0, 0.1) is 11.6 Å². The number of aromatic nitrogens is 1. The Bertz CT molecular complexity index is 764. The van der Waals surface area contributed by atoms with E-state index in [1.165, 1.54) is 19.3 Å². The average molecular weight is 378 g/mol. The Morgan fingerprint density at radius 3 is 2.43 bits per heavy atom. The Morgan fingerprint density at radius 1 is 1.24 bits per heavy atom. The predicted octanol–water partition coefficient (Wildman–Crippen LogP) is 2.96. The first kappa shape index (κ1) is 15.6. The molecule has 0 amide bonds. The van der Waals surface area contributed by atoms with Crippen molar-refractivity contribution in [3.63, 3.8) is 0 Å². The molecule has 112 valence electrons. The first-order valence-electron chi connectivity index (χ1n) is 5.65. The molecule has 1 aromatic carbocycles. The van der Waals surface area contributed by atoms with Gasteiger partial charge in [-0.15, -0.1) is 0 Å². The molecule has 1 heterocycles. The average Bonchev–Trinajstić information content (AvgIpc) is 2.43. The van der Waals surface area contributed by atoms with Crippen molar-refractivity contribution in [3.05, 3.63) is 46.6 Å². The summed E-state index contributed by atoms with van der Waals surface area (Å²) in [5.74, 6) is -1.96. The number of benzene rings is 1. The molecule has 0 fully saturated rings. The molecular formula is C12H10BrF2N3O2S. The van der Waals surface area contributed by atoms with Gasteiger partial charge in [0.1, 0.15) is 28.0 Å². The van der Waals surface area contributed by atoms with E-state index < -0.39 is 27.3 Å². The predicted molar refractivity (Wildman–Crippen MR) is 78.7 cm³/mol. The van der Waals surface area contributed by atoms with Crippen LogP contribution >= 0.6 is 15.9 Å². The molecule has 5 nitrogen and oxygen atoms in total. The molecule has 0 atom stereocenters. The lowest BCUT2D eigenvalue weighted by Crippen LogP contribution is -2.17. The second-order valence-corrected chi connectivity index (χ2v) is 6.52. The second kappa shape index (κ2) is 5.94. The van der Waals surface area contributed by atoms with Crippen LogP contribution < -0.4 is 10.0 Å². The van der Waals surface area contributed by atoms with Gasteiger partial charge in [-0.05, 0) is 34.1 Å². The maximum atomic E-state index is 13.6. The highest BCUT2D eigenvalue weighted by molar-refractivity contribution is 9.10. The van der Waals surface area contributed by atoms with Crippen molar-refractivity contribution in [3.8, 4) is 0 Å². The quantitative estimate of drug-likeness (QED) is 0.858. The lowest BCUT2D eigenvalue weighted by atomic mass is 10.3. The van der Waals surface area contributed by atoms with Crippen molar-refractivity contribution in [2.24, 2.45) is 0 Å². The van der Waals surface area contributed by atoms with Crippen molar-refractivity contribution in [1.82, 2.24) is 4.98 Å². The molecule has 0 aliphatic heterocycles. The van der Waals surface area contributed by atoms with E-state index >= 15 is 0 Å². The van der Waals surface area contributed by atoms with Crippen molar-refractivity contribution in [2.75, 3.05) is 17.1 Å². The van der Waals surface area contributed by atoms with Crippen LogP contribution in [0.1, 0.15) is 0 Å². The van der Waals surface area contributed by atoms with Gasteiger partial charge in [0, 0.05) is 17.7 Å². The van der Waals surface area contributed by atoms with Gasteiger partial charge in [-0.3, -0.25) is 4.72 Å². The zero-order valence-corrected chi connectivity index (χ0v) is 13.1. The minimum absolute atomic E-state index is 0.0578. The number of nitrogens with zero attached hydrogens (tertiary/aromatic N) is 1. The van der Waals surface area contributed by atoms with E-state index in [1.807, 2.05) is 4.72 Å². The fourth-order valence-corrected chi connectivity index (χ4v) is 3.35. The fraction of sp³-hybridized carbons (Fsp3) is 0.0833. The van der Waals surface area contributed by atoms with Crippen LogP contribution in [0.25, 0.3) is 0 Å². The zero-order chi connectivity index (χ0) is 15.6. The summed E-state index contributed by atoms with van der Waals surface area (Å²) < 4.78 is 54.0. The van der Waals surface area contributed by atoms with E-state index in [9.17, 15) is 17.2 Å². The number of halogens is 3. The van der Waals surface area contributed by atoms with Gasteiger partial charge in [0.15, 0.2) is 0 Å². The lowest BCUT2D eigenvalue weighted by Gasteiger charge is -2.12. The number of para-hydroxylation sites is 1. The summed E-state index contributed by atoms with van der Waals surface area (Å²) >= 11 is 3.10. The van der Waals surface area contributed by atoms with Gasteiger partial charge < -0.3 is 5.32 Å². The van der Waals surface area contributed by atoms with E-state index in [1.54, 1.807) is 0 Å². The van der Waals surface area contributed by atoms with Gasteiger partial charge in [-0.25, -0.2) is 22.2 Å². The number of pyridine rings is 1. The third-order valence-corrected chi connectivity index (χ3v) is 4.34. The molecule has 0 radical (unpaired) electrons. The number of sulfonamides is 1. The molecule has 9 heteroatoms. The summed E-state index contributed by atoms with van der Waals surface area (Å²) in [5, 5.41) is 2.61. The third-order valence-electron chi connectivity index (χ3n) is 2.54.